The highest BCUT2D eigenvalue weighted by Crippen LogP contribution is 2.09. The summed E-state index contributed by atoms with van der Waals surface area (Å²) in [5.41, 5.74) is 5.16. The molecular formula is C7H13N3O. The van der Waals surface area contributed by atoms with E-state index in [0.717, 1.165) is 13.0 Å². The number of nitrogens with two attached hydrogens (primary N) is 1. The molecule has 1 rings (SSSR count). The van der Waals surface area contributed by atoms with E-state index < -0.39 is 0 Å². The van der Waals surface area contributed by atoms with Gasteiger partial charge in [0.1, 0.15) is 0 Å². The molecule has 1 fully saturated rings. The van der Waals surface area contributed by atoms with Crippen LogP contribution < -0.4 is 5.73 Å². The lowest BCUT2D eigenvalue weighted by molar-refractivity contribution is -0.127. The minimum absolute atomic E-state index is 0.157. The van der Waals surface area contributed by atoms with Crippen molar-refractivity contribution in [1.82, 2.24) is 4.90 Å². The van der Waals surface area contributed by atoms with Crippen molar-refractivity contribution in [3.8, 4) is 0 Å². The lowest BCUT2D eigenvalue weighted by Gasteiger charge is -2.13. The summed E-state index contributed by atoms with van der Waals surface area (Å²) < 4.78 is 0. The second kappa shape index (κ2) is 3.37. The van der Waals surface area contributed by atoms with Crippen molar-refractivity contribution in [1.29, 1.82) is 5.41 Å². The zero-order valence-corrected chi connectivity index (χ0v) is 6.47. The number of likely N-dealkylation sites (tertiary alicyclic amines) is 1. The molecule has 1 aliphatic heterocycles. The van der Waals surface area contributed by atoms with E-state index in [9.17, 15) is 4.79 Å². The number of nitrogens with zero attached hydrogens (tertiary/aromatic N) is 1. The highest BCUT2D eigenvalue weighted by molar-refractivity contribution is 5.80. The van der Waals surface area contributed by atoms with Gasteiger partial charge in [-0.15, -0.1) is 0 Å². The molecule has 4 nitrogen and oxygen atoms in total. The smallest absolute Gasteiger partial charge is 0.222 e. The SMILES string of the molecule is N=C(N)CCN1CCCC1=O. The summed E-state index contributed by atoms with van der Waals surface area (Å²) in [6.45, 7) is 1.46. The Hall–Kier alpha value is -1.06. The molecule has 11 heavy (non-hydrogen) atoms. The van der Waals surface area contributed by atoms with E-state index in [-0.39, 0.29) is 11.7 Å². The molecule has 0 bridgehead atoms. The van der Waals surface area contributed by atoms with Crippen LogP contribution in [0.1, 0.15) is 19.3 Å². The van der Waals surface area contributed by atoms with Gasteiger partial charge in [-0.05, 0) is 6.42 Å². The fourth-order valence-corrected chi connectivity index (χ4v) is 1.20. The molecule has 0 aromatic carbocycles. The average molecular weight is 155 g/mol. The van der Waals surface area contributed by atoms with Gasteiger partial charge in [0.2, 0.25) is 5.91 Å². The molecule has 1 amide bonds. The molecule has 0 spiro atoms. The Morgan fingerprint density at radius 3 is 2.91 bits per heavy atom. The van der Waals surface area contributed by atoms with Crippen LogP contribution in [0.3, 0.4) is 0 Å². The molecule has 0 aliphatic carbocycles. The summed E-state index contributed by atoms with van der Waals surface area (Å²) in [4.78, 5) is 12.8. The molecule has 0 atom stereocenters. The lowest BCUT2D eigenvalue weighted by atomic mass is 10.4. The van der Waals surface area contributed by atoms with E-state index in [4.69, 9.17) is 11.1 Å². The van der Waals surface area contributed by atoms with Gasteiger partial charge in [-0.1, -0.05) is 0 Å². The molecule has 4 heteroatoms. The molecular weight excluding hydrogens is 142 g/mol. The first-order valence-electron chi connectivity index (χ1n) is 3.81. The summed E-state index contributed by atoms with van der Waals surface area (Å²) >= 11 is 0. The third-order valence-corrected chi connectivity index (χ3v) is 1.82. The summed E-state index contributed by atoms with van der Waals surface area (Å²) in [6.07, 6.45) is 2.13. The van der Waals surface area contributed by atoms with Crippen molar-refractivity contribution in [2.75, 3.05) is 13.1 Å². The molecule has 62 valence electrons. The fourth-order valence-electron chi connectivity index (χ4n) is 1.20. The van der Waals surface area contributed by atoms with Crippen LogP contribution in [-0.4, -0.2) is 29.7 Å². The molecule has 0 saturated carbocycles. The van der Waals surface area contributed by atoms with Crippen LogP contribution >= 0.6 is 0 Å². The highest BCUT2D eigenvalue weighted by atomic mass is 16.2. The van der Waals surface area contributed by atoms with Gasteiger partial charge < -0.3 is 10.6 Å². The second-order valence-corrected chi connectivity index (χ2v) is 2.76. The van der Waals surface area contributed by atoms with Crippen molar-refractivity contribution in [2.45, 2.75) is 19.3 Å². The molecule has 1 saturated heterocycles. The number of nitrogens with one attached hydrogen (secondary N) is 1. The Bertz CT molecular complexity index is 179. The van der Waals surface area contributed by atoms with Crippen molar-refractivity contribution in [2.24, 2.45) is 5.73 Å². The summed E-state index contributed by atoms with van der Waals surface area (Å²) in [7, 11) is 0. The number of rotatable bonds is 3. The number of amides is 1. The predicted molar refractivity (Wildman–Crippen MR) is 42.3 cm³/mol. The number of carbonyl (C=O) groups excluding carboxylic acids is 1. The van der Waals surface area contributed by atoms with Gasteiger partial charge in [-0.2, -0.15) is 0 Å². The van der Waals surface area contributed by atoms with E-state index in [1.54, 1.807) is 4.90 Å². The Balaban J connectivity index is 2.26. The largest absolute Gasteiger partial charge is 0.388 e. The molecule has 0 aromatic heterocycles. The van der Waals surface area contributed by atoms with E-state index in [1.165, 1.54) is 0 Å². The van der Waals surface area contributed by atoms with E-state index >= 15 is 0 Å². The Morgan fingerprint density at radius 2 is 2.45 bits per heavy atom. The van der Waals surface area contributed by atoms with Gasteiger partial charge in [0.15, 0.2) is 0 Å². The first-order chi connectivity index (χ1) is 5.20. The lowest BCUT2D eigenvalue weighted by Crippen LogP contribution is -2.28. The third kappa shape index (κ3) is 2.22. The van der Waals surface area contributed by atoms with Crippen molar-refractivity contribution in [3.63, 3.8) is 0 Å². The maximum Gasteiger partial charge on any atom is 0.222 e. The molecule has 0 aromatic rings. The van der Waals surface area contributed by atoms with Gasteiger partial charge >= 0.3 is 0 Å². The van der Waals surface area contributed by atoms with E-state index in [2.05, 4.69) is 0 Å². The minimum atomic E-state index is 0.157. The van der Waals surface area contributed by atoms with Crippen molar-refractivity contribution in [3.05, 3.63) is 0 Å². The zero-order valence-electron chi connectivity index (χ0n) is 6.47. The summed E-state index contributed by atoms with van der Waals surface area (Å²) in [6, 6.07) is 0. The first-order valence-corrected chi connectivity index (χ1v) is 3.81. The summed E-state index contributed by atoms with van der Waals surface area (Å²) in [5, 5.41) is 6.96. The first kappa shape index (κ1) is 8.04. The third-order valence-electron chi connectivity index (χ3n) is 1.82. The van der Waals surface area contributed by atoms with Gasteiger partial charge in [-0.3, -0.25) is 10.2 Å². The van der Waals surface area contributed by atoms with Gasteiger partial charge in [0.05, 0.1) is 5.84 Å². The number of carbonyl (C=O) groups is 1. The zero-order chi connectivity index (χ0) is 8.27. The van der Waals surface area contributed by atoms with Crippen LogP contribution in [0.5, 0.6) is 0 Å². The maximum absolute atomic E-state index is 11.0. The maximum atomic E-state index is 11.0. The number of hydrogen-bond donors (Lipinski definition) is 2. The van der Waals surface area contributed by atoms with Gasteiger partial charge in [-0.25, -0.2) is 0 Å². The van der Waals surface area contributed by atoms with Crippen molar-refractivity contribution < 1.29 is 4.79 Å². The molecule has 1 heterocycles. The van der Waals surface area contributed by atoms with E-state index in [0.29, 0.717) is 19.4 Å². The summed E-state index contributed by atoms with van der Waals surface area (Å²) in [5.74, 6) is 0.357. The predicted octanol–water partition coefficient (Wildman–Crippen LogP) is -0.0651. The molecule has 0 unspecified atom stereocenters. The quantitative estimate of drug-likeness (QED) is 0.442. The molecule has 0 radical (unpaired) electrons. The normalized spacial score (nSPS) is 17.5. The average Bonchev–Trinajstić information content (AvgIpc) is 2.31. The molecule has 1 aliphatic rings. The van der Waals surface area contributed by atoms with Crippen molar-refractivity contribution >= 4 is 11.7 Å². The highest BCUT2D eigenvalue weighted by Gasteiger charge is 2.19. The number of hydrogen-bond acceptors (Lipinski definition) is 2. The standard InChI is InChI=1S/C7H13N3O/c8-6(9)3-5-10-4-1-2-7(10)11/h1-5H2,(H3,8,9). The minimum Gasteiger partial charge on any atom is -0.388 e. The van der Waals surface area contributed by atoms with Crippen LogP contribution in [-0.2, 0) is 4.79 Å². The topological polar surface area (TPSA) is 70.2 Å². The van der Waals surface area contributed by atoms with Crippen LogP contribution in [0.4, 0.5) is 0 Å². The van der Waals surface area contributed by atoms with Gasteiger partial charge in [0.25, 0.3) is 0 Å². The fraction of sp³-hybridized carbons (Fsp3) is 0.714. The van der Waals surface area contributed by atoms with Crippen LogP contribution in [0.25, 0.3) is 0 Å². The van der Waals surface area contributed by atoms with Gasteiger partial charge in [0, 0.05) is 25.9 Å². The molecule has 3 N–H and O–H groups in total. The van der Waals surface area contributed by atoms with Crippen LogP contribution in [0, 0.1) is 5.41 Å². The second-order valence-electron chi connectivity index (χ2n) is 2.76. The number of amidine groups is 1. The van der Waals surface area contributed by atoms with Crippen LogP contribution in [0.2, 0.25) is 0 Å². The van der Waals surface area contributed by atoms with Crippen LogP contribution in [0.15, 0.2) is 0 Å². The Morgan fingerprint density at radius 1 is 1.73 bits per heavy atom. The van der Waals surface area contributed by atoms with E-state index in [1.807, 2.05) is 0 Å². The Kier molecular flexibility index (Phi) is 2.46. The Labute approximate surface area is 65.9 Å². The monoisotopic (exact) mass is 155 g/mol.